The number of nitrogens with zero attached hydrogens (tertiary/aromatic N) is 2. The summed E-state index contributed by atoms with van der Waals surface area (Å²) in [4.78, 5) is 16.7. The standard InChI is InChI=1S/C33H42N4O5S/c1-2-3-4-5-6-7-18-36-19-20-37(33(36)40)27-12-14-28(15-13-27)43(41,42)35-26-10-8-24(9-11-26)21-30-29-23-32(39)31(38)22-25(29)16-17-34-30/h8-15,22-23,30,34-35,38-39H,2-7,16-21H2,1H3. The van der Waals surface area contributed by atoms with E-state index in [1.54, 1.807) is 41.3 Å². The Morgan fingerprint density at radius 1 is 0.907 bits per heavy atom. The number of rotatable bonds is 13. The lowest BCUT2D eigenvalue weighted by Crippen LogP contribution is -2.32. The molecule has 4 N–H and O–H groups in total. The monoisotopic (exact) mass is 606 g/mol. The van der Waals surface area contributed by atoms with Crippen LogP contribution in [0.2, 0.25) is 0 Å². The number of aromatic hydroxyl groups is 2. The predicted molar refractivity (Wildman–Crippen MR) is 169 cm³/mol. The number of carbonyl (C=O) groups excluding carboxylic acids is 1. The van der Waals surface area contributed by atoms with Gasteiger partial charge in [-0.3, -0.25) is 9.62 Å². The maximum absolute atomic E-state index is 13.1. The Hall–Kier alpha value is -3.76. The predicted octanol–water partition coefficient (Wildman–Crippen LogP) is 5.93. The molecule has 0 aromatic heterocycles. The van der Waals surface area contributed by atoms with Gasteiger partial charge in [0.15, 0.2) is 11.5 Å². The maximum Gasteiger partial charge on any atom is 0.324 e. The normalized spacial score (nSPS) is 16.9. The molecule has 9 nitrogen and oxygen atoms in total. The van der Waals surface area contributed by atoms with Crippen LogP contribution >= 0.6 is 0 Å². The van der Waals surface area contributed by atoms with Crippen molar-refractivity contribution >= 4 is 27.4 Å². The van der Waals surface area contributed by atoms with Gasteiger partial charge in [-0.2, -0.15) is 0 Å². The molecule has 2 aliphatic rings. The van der Waals surface area contributed by atoms with Crippen LogP contribution < -0.4 is 14.9 Å². The highest BCUT2D eigenvalue weighted by atomic mass is 32.2. The van der Waals surface area contributed by atoms with Crippen molar-refractivity contribution in [1.82, 2.24) is 10.2 Å². The van der Waals surface area contributed by atoms with E-state index in [-0.39, 0.29) is 28.5 Å². The average Bonchev–Trinajstić information content (AvgIpc) is 3.36. The van der Waals surface area contributed by atoms with Gasteiger partial charge in [0.05, 0.1) is 4.90 Å². The SMILES string of the molecule is CCCCCCCCN1CCN(c2ccc(S(=O)(=O)Nc3ccc(CC4NCCc5cc(O)c(O)cc54)cc3)cc2)C1=O. The third kappa shape index (κ3) is 7.43. The molecular weight excluding hydrogens is 564 g/mol. The summed E-state index contributed by atoms with van der Waals surface area (Å²) in [5.74, 6) is -0.247. The molecule has 230 valence electrons. The number of carbonyl (C=O) groups is 1. The number of anilines is 2. The molecule has 1 atom stereocenters. The molecule has 0 spiro atoms. The molecule has 2 amide bonds. The Labute approximate surface area is 254 Å². The van der Waals surface area contributed by atoms with Gasteiger partial charge in [0, 0.05) is 37.1 Å². The molecule has 0 aliphatic carbocycles. The summed E-state index contributed by atoms with van der Waals surface area (Å²) in [5, 5.41) is 23.3. The van der Waals surface area contributed by atoms with Crippen molar-refractivity contribution in [2.24, 2.45) is 0 Å². The van der Waals surface area contributed by atoms with Gasteiger partial charge in [0.2, 0.25) is 0 Å². The first-order valence-electron chi connectivity index (χ1n) is 15.3. The average molecular weight is 607 g/mol. The first kappa shape index (κ1) is 30.7. The summed E-state index contributed by atoms with van der Waals surface area (Å²) in [7, 11) is -3.82. The Balaban J connectivity index is 1.16. The van der Waals surface area contributed by atoms with E-state index in [2.05, 4.69) is 17.0 Å². The number of nitrogens with one attached hydrogen (secondary N) is 2. The Bertz CT molecular complexity index is 1510. The highest BCUT2D eigenvalue weighted by Crippen LogP contribution is 2.35. The number of sulfonamides is 1. The topological polar surface area (TPSA) is 122 Å². The molecule has 1 unspecified atom stereocenters. The van der Waals surface area contributed by atoms with E-state index in [1.807, 2.05) is 17.0 Å². The van der Waals surface area contributed by atoms with Gasteiger partial charge in [0.1, 0.15) is 0 Å². The van der Waals surface area contributed by atoms with Crippen molar-refractivity contribution in [2.75, 3.05) is 35.8 Å². The van der Waals surface area contributed by atoms with E-state index in [1.165, 1.54) is 37.8 Å². The molecule has 2 aliphatic heterocycles. The van der Waals surface area contributed by atoms with Gasteiger partial charge in [-0.05, 0) is 91.0 Å². The Kier molecular flexibility index (Phi) is 9.77. The number of amides is 2. The molecule has 2 heterocycles. The molecule has 10 heteroatoms. The zero-order valence-electron chi connectivity index (χ0n) is 24.8. The number of unbranched alkanes of at least 4 members (excludes halogenated alkanes) is 5. The third-order valence-corrected chi connectivity index (χ3v) is 9.78. The smallest absolute Gasteiger partial charge is 0.324 e. The molecule has 0 bridgehead atoms. The zero-order valence-corrected chi connectivity index (χ0v) is 25.6. The van der Waals surface area contributed by atoms with Crippen molar-refractivity contribution in [3.05, 3.63) is 77.4 Å². The van der Waals surface area contributed by atoms with Gasteiger partial charge in [-0.1, -0.05) is 51.2 Å². The minimum Gasteiger partial charge on any atom is -0.504 e. The van der Waals surface area contributed by atoms with Crippen LogP contribution in [0, 0.1) is 0 Å². The fraction of sp³-hybridized carbons (Fsp3) is 0.424. The Morgan fingerprint density at radius 2 is 1.60 bits per heavy atom. The van der Waals surface area contributed by atoms with Crippen LogP contribution in [-0.4, -0.2) is 55.7 Å². The molecule has 3 aromatic rings. The second-order valence-corrected chi connectivity index (χ2v) is 13.2. The second kappa shape index (κ2) is 13.7. The lowest BCUT2D eigenvalue weighted by atomic mass is 9.90. The van der Waals surface area contributed by atoms with Crippen LogP contribution in [0.1, 0.15) is 68.2 Å². The van der Waals surface area contributed by atoms with E-state index in [0.29, 0.717) is 30.9 Å². The first-order valence-corrected chi connectivity index (χ1v) is 16.8. The van der Waals surface area contributed by atoms with Crippen LogP contribution in [-0.2, 0) is 22.9 Å². The van der Waals surface area contributed by atoms with Gasteiger partial charge in [-0.25, -0.2) is 13.2 Å². The van der Waals surface area contributed by atoms with Gasteiger partial charge >= 0.3 is 6.03 Å². The van der Waals surface area contributed by atoms with Crippen molar-refractivity contribution in [2.45, 2.75) is 69.2 Å². The summed E-state index contributed by atoms with van der Waals surface area (Å²) < 4.78 is 28.9. The summed E-state index contributed by atoms with van der Waals surface area (Å²) >= 11 is 0. The number of fused-ring (bicyclic) bond motifs is 1. The number of hydrogen-bond acceptors (Lipinski definition) is 6. The van der Waals surface area contributed by atoms with Gasteiger partial charge in [-0.15, -0.1) is 0 Å². The molecule has 0 radical (unpaired) electrons. The zero-order chi connectivity index (χ0) is 30.4. The van der Waals surface area contributed by atoms with Gasteiger partial charge < -0.3 is 20.4 Å². The molecular formula is C33H42N4O5S. The highest BCUT2D eigenvalue weighted by Gasteiger charge is 2.29. The number of urea groups is 1. The second-order valence-electron chi connectivity index (χ2n) is 11.5. The van der Waals surface area contributed by atoms with Crippen molar-refractivity contribution < 1.29 is 23.4 Å². The third-order valence-electron chi connectivity index (χ3n) is 8.38. The van der Waals surface area contributed by atoms with E-state index < -0.39 is 10.0 Å². The molecule has 5 rings (SSSR count). The minimum atomic E-state index is -3.82. The molecule has 1 saturated heterocycles. The van der Waals surface area contributed by atoms with E-state index in [0.717, 1.165) is 49.0 Å². The fourth-order valence-electron chi connectivity index (χ4n) is 5.93. The largest absolute Gasteiger partial charge is 0.504 e. The number of benzene rings is 3. The summed E-state index contributed by atoms with van der Waals surface area (Å²) in [6, 6.07) is 16.9. The number of phenols is 2. The van der Waals surface area contributed by atoms with E-state index in [9.17, 15) is 23.4 Å². The van der Waals surface area contributed by atoms with Crippen LogP contribution in [0.4, 0.5) is 16.2 Å². The number of phenolic OH excluding ortho intramolecular Hbond substituents is 2. The molecule has 0 saturated carbocycles. The summed E-state index contributed by atoms with van der Waals surface area (Å²) in [5.41, 5.74) is 4.11. The lowest BCUT2D eigenvalue weighted by Gasteiger charge is -2.27. The van der Waals surface area contributed by atoms with E-state index in [4.69, 9.17) is 0 Å². The highest BCUT2D eigenvalue weighted by molar-refractivity contribution is 7.92. The van der Waals surface area contributed by atoms with E-state index >= 15 is 0 Å². The molecule has 3 aromatic carbocycles. The minimum absolute atomic E-state index is 0.0238. The Morgan fingerprint density at radius 3 is 2.35 bits per heavy atom. The van der Waals surface area contributed by atoms with Gasteiger partial charge in [0.25, 0.3) is 10.0 Å². The summed E-state index contributed by atoms with van der Waals surface area (Å²) in [6.45, 7) is 5.00. The van der Waals surface area contributed by atoms with Crippen LogP contribution in [0.3, 0.4) is 0 Å². The summed E-state index contributed by atoms with van der Waals surface area (Å²) in [6.07, 6.45) is 8.51. The molecule has 1 fully saturated rings. The number of hydrogen-bond donors (Lipinski definition) is 4. The van der Waals surface area contributed by atoms with Crippen LogP contribution in [0.15, 0.2) is 65.6 Å². The van der Waals surface area contributed by atoms with Crippen molar-refractivity contribution in [3.63, 3.8) is 0 Å². The first-order chi connectivity index (χ1) is 20.7. The fourth-order valence-corrected chi connectivity index (χ4v) is 6.99. The lowest BCUT2D eigenvalue weighted by molar-refractivity contribution is 0.219. The van der Waals surface area contributed by atoms with Crippen molar-refractivity contribution in [1.29, 1.82) is 0 Å². The van der Waals surface area contributed by atoms with Crippen molar-refractivity contribution in [3.8, 4) is 11.5 Å². The van der Waals surface area contributed by atoms with Crippen LogP contribution in [0.5, 0.6) is 11.5 Å². The quantitative estimate of drug-likeness (QED) is 0.141. The van der Waals surface area contributed by atoms with Crippen LogP contribution in [0.25, 0.3) is 0 Å². The molecule has 43 heavy (non-hydrogen) atoms. The maximum atomic E-state index is 13.1.